The number of ether oxygens (including phenoxy) is 1. The van der Waals surface area contributed by atoms with Crippen LogP contribution in [0.2, 0.25) is 0 Å². The van der Waals surface area contributed by atoms with Crippen molar-refractivity contribution in [1.29, 1.82) is 0 Å². The normalized spacial score (nSPS) is 16.0. The number of thiophene rings is 1. The Kier molecular flexibility index (Phi) is 7.59. The van der Waals surface area contributed by atoms with Gasteiger partial charge in [-0.25, -0.2) is 12.8 Å². The molecule has 3 rings (SSSR count). The van der Waals surface area contributed by atoms with Gasteiger partial charge in [0.25, 0.3) is 10.0 Å². The van der Waals surface area contributed by atoms with Gasteiger partial charge in [-0.1, -0.05) is 12.1 Å². The van der Waals surface area contributed by atoms with Gasteiger partial charge in [-0.05, 0) is 36.2 Å². The van der Waals surface area contributed by atoms with Gasteiger partial charge in [-0.15, -0.1) is 11.3 Å². The molecule has 7 nitrogen and oxygen atoms in total. The van der Waals surface area contributed by atoms with Crippen molar-refractivity contribution in [2.24, 2.45) is 4.99 Å². The lowest BCUT2D eigenvalue weighted by Gasteiger charge is -2.25. The summed E-state index contributed by atoms with van der Waals surface area (Å²) in [6.07, 6.45) is 0.738. The zero-order valence-corrected chi connectivity index (χ0v) is 17.9. The van der Waals surface area contributed by atoms with Crippen molar-refractivity contribution >= 4 is 27.3 Å². The summed E-state index contributed by atoms with van der Waals surface area (Å²) in [5.41, 5.74) is 1.03. The molecule has 2 N–H and O–H groups in total. The van der Waals surface area contributed by atoms with E-state index in [9.17, 15) is 12.8 Å². The van der Waals surface area contributed by atoms with E-state index in [2.05, 4.69) is 15.6 Å². The van der Waals surface area contributed by atoms with Crippen LogP contribution in [-0.2, 0) is 27.7 Å². The van der Waals surface area contributed by atoms with Gasteiger partial charge in [0.15, 0.2) is 5.96 Å². The van der Waals surface area contributed by atoms with E-state index in [1.807, 2.05) is 6.07 Å². The molecule has 1 fully saturated rings. The quantitative estimate of drug-likeness (QED) is 0.507. The predicted octanol–water partition coefficient (Wildman–Crippen LogP) is 1.82. The molecular weight excluding hydrogens is 415 g/mol. The Morgan fingerprint density at radius 3 is 2.59 bits per heavy atom. The number of hydrogen-bond donors (Lipinski definition) is 2. The molecule has 1 aromatic carbocycles. The van der Waals surface area contributed by atoms with Gasteiger partial charge < -0.3 is 15.4 Å². The number of rotatable bonds is 7. The van der Waals surface area contributed by atoms with Crippen LogP contribution in [0.1, 0.15) is 10.4 Å². The van der Waals surface area contributed by atoms with Crippen LogP contribution < -0.4 is 10.6 Å². The Bertz CT molecular complexity index is 923. The molecule has 0 spiro atoms. The van der Waals surface area contributed by atoms with Crippen LogP contribution in [0.4, 0.5) is 4.39 Å². The van der Waals surface area contributed by atoms with Gasteiger partial charge in [0.05, 0.1) is 19.8 Å². The molecule has 2 heterocycles. The SMILES string of the molecule is CN=C(NCCc1ccc(F)cc1)NCc1ccc(S(=O)(=O)N2CCOCC2)s1. The maximum atomic E-state index is 12.9. The standard InChI is InChI=1S/C19H25FN4O3S2/c1-21-19(22-9-8-15-2-4-16(20)5-3-15)23-14-17-6-7-18(28-17)29(25,26)24-10-12-27-13-11-24/h2-7H,8-14H2,1H3,(H2,21,22,23). The average molecular weight is 441 g/mol. The molecule has 1 saturated heterocycles. The van der Waals surface area contributed by atoms with Crippen LogP contribution in [0, 0.1) is 5.82 Å². The summed E-state index contributed by atoms with van der Waals surface area (Å²) in [5.74, 6) is 0.378. The van der Waals surface area contributed by atoms with Crippen molar-refractivity contribution < 1.29 is 17.5 Å². The summed E-state index contributed by atoms with van der Waals surface area (Å²) in [4.78, 5) is 5.08. The minimum atomic E-state index is -3.46. The van der Waals surface area contributed by atoms with Crippen molar-refractivity contribution in [2.45, 2.75) is 17.2 Å². The molecule has 0 atom stereocenters. The monoisotopic (exact) mass is 440 g/mol. The first-order valence-corrected chi connectivity index (χ1v) is 11.6. The molecule has 0 radical (unpaired) electrons. The Balaban J connectivity index is 1.49. The van der Waals surface area contributed by atoms with Crippen molar-refractivity contribution in [3.8, 4) is 0 Å². The molecule has 29 heavy (non-hydrogen) atoms. The van der Waals surface area contributed by atoms with E-state index in [1.54, 1.807) is 25.2 Å². The lowest BCUT2D eigenvalue weighted by atomic mass is 10.1. The van der Waals surface area contributed by atoms with Crippen LogP contribution >= 0.6 is 11.3 Å². The fraction of sp³-hybridized carbons (Fsp3) is 0.421. The number of guanidine groups is 1. The van der Waals surface area contributed by atoms with Gasteiger partial charge in [-0.3, -0.25) is 4.99 Å². The lowest BCUT2D eigenvalue weighted by Crippen LogP contribution is -2.40. The topological polar surface area (TPSA) is 83.0 Å². The van der Waals surface area contributed by atoms with Crippen molar-refractivity contribution in [2.75, 3.05) is 39.9 Å². The summed E-state index contributed by atoms with van der Waals surface area (Å²) >= 11 is 1.26. The predicted molar refractivity (Wildman–Crippen MR) is 112 cm³/mol. The molecule has 0 bridgehead atoms. The van der Waals surface area contributed by atoms with Gasteiger partial charge >= 0.3 is 0 Å². The number of aliphatic imine (C=N–C) groups is 1. The number of benzene rings is 1. The summed E-state index contributed by atoms with van der Waals surface area (Å²) in [6.45, 7) is 2.75. The Labute approximate surface area is 174 Å². The zero-order valence-electron chi connectivity index (χ0n) is 16.2. The highest BCUT2D eigenvalue weighted by atomic mass is 32.2. The van der Waals surface area contributed by atoms with E-state index in [0.29, 0.717) is 49.6 Å². The number of morpholine rings is 1. The van der Waals surface area contributed by atoms with Gasteiger partial charge in [0.1, 0.15) is 10.0 Å². The summed E-state index contributed by atoms with van der Waals surface area (Å²) in [7, 11) is -1.79. The van der Waals surface area contributed by atoms with E-state index in [0.717, 1.165) is 16.9 Å². The third-order valence-electron chi connectivity index (χ3n) is 4.47. The molecule has 2 aromatic rings. The van der Waals surface area contributed by atoms with Crippen LogP contribution in [0.3, 0.4) is 0 Å². The van der Waals surface area contributed by atoms with Crippen molar-refractivity contribution in [3.05, 3.63) is 52.7 Å². The number of nitrogens with zero attached hydrogens (tertiary/aromatic N) is 2. The third-order valence-corrected chi connectivity index (χ3v) is 7.93. The van der Waals surface area contributed by atoms with Crippen LogP contribution in [0.15, 0.2) is 45.6 Å². The van der Waals surface area contributed by atoms with E-state index in [-0.39, 0.29) is 5.82 Å². The molecule has 0 aliphatic carbocycles. The lowest BCUT2D eigenvalue weighted by molar-refractivity contribution is 0.0731. The molecule has 1 aromatic heterocycles. The molecule has 0 amide bonds. The minimum Gasteiger partial charge on any atom is -0.379 e. The molecule has 10 heteroatoms. The molecule has 0 saturated carbocycles. The van der Waals surface area contributed by atoms with Gasteiger partial charge in [0.2, 0.25) is 0 Å². The highest BCUT2D eigenvalue weighted by molar-refractivity contribution is 7.91. The number of sulfonamides is 1. The Morgan fingerprint density at radius 2 is 1.90 bits per heavy atom. The van der Waals surface area contributed by atoms with Crippen LogP contribution in [0.5, 0.6) is 0 Å². The third kappa shape index (κ3) is 5.99. The maximum Gasteiger partial charge on any atom is 0.252 e. The molecule has 1 aliphatic rings. The average Bonchev–Trinajstić information content (AvgIpc) is 3.22. The van der Waals surface area contributed by atoms with Crippen LogP contribution in [-0.4, -0.2) is 58.6 Å². The second-order valence-corrected chi connectivity index (χ2v) is 9.80. The first-order chi connectivity index (χ1) is 14.0. The van der Waals surface area contributed by atoms with E-state index < -0.39 is 10.0 Å². The highest BCUT2D eigenvalue weighted by Crippen LogP contribution is 2.25. The number of hydrogen-bond acceptors (Lipinski definition) is 5. The zero-order chi connectivity index (χ0) is 20.7. The fourth-order valence-corrected chi connectivity index (χ4v) is 5.73. The van der Waals surface area contributed by atoms with Crippen molar-refractivity contribution in [1.82, 2.24) is 14.9 Å². The molecular formula is C19H25FN4O3S2. The first kappa shape index (κ1) is 21.7. The summed E-state index contributed by atoms with van der Waals surface area (Å²) in [5, 5.41) is 6.39. The number of halogens is 1. The molecule has 1 aliphatic heterocycles. The fourth-order valence-electron chi connectivity index (χ4n) is 2.87. The smallest absolute Gasteiger partial charge is 0.252 e. The van der Waals surface area contributed by atoms with E-state index in [1.165, 1.54) is 27.8 Å². The second kappa shape index (κ2) is 10.1. The van der Waals surface area contributed by atoms with Crippen LogP contribution in [0.25, 0.3) is 0 Å². The largest absolute Gasteiger partial charge is 0.379 e. The summed E-state index contributed by atoms with van der Waals surface area (Å²) < 4.78 is 45.4. The highest BCUT2D eigenvalue weighted by Gasteiger charge is 2.27. The molecule has 158 valence electrons. The van der Waals surface area contributed by atoms with E-state index >= 15 is 0 Å². The van der Waals surface area contributed by atoms with Gasteiger partial charge in [-0.2, -0.15) is 4.31 Å². The second-order valence-electron chi connectivity index (χ2n) is 6.47. The number of nitrogens with one attached hydrogen (secondary N) is 2. The van der Waals surface area contributed by atoms with Gasteiger partial charge in [0, 0.05) is 31.6 Å². The van der Waals surface area contributed by atoms with E-state index in [4.69, 9.17) is 4.74 Å². The minimum absolute atomic E-state index is 0.245. The Morgan fingerprint density at radius 1 is 1.17 bits per heavy atom. The first-order valence-electron chi connectivity index (χ1n) is 9.34. The maximum absolute atomic E-state index is 12.9. The van der Waals surface area contributed by atoms with Crippen molar-refractivity contribution in [3.63, 3.8) is 0 Å². The Hall–Kier alpha value is -2.01. The summed E-state index contributed by atoms with van der Waals surface area (Å²) in [6, 6.07) is 9.88. The molecule has 0 unspecified atom stereocenters.